The molecule has 0 aliphatic carbocycles. The smallest absolute Gasteiger partial charge is 0.151 e. The van der Waals surface area contributed by atoms with Gasteiger partial charge in [-0.15, -0.1) is 0 Å². The van der Waals surface area contributed by atoms with Crippen molar-refractivity contribution < 1.29 is 8.78 Å². The molecule has 0 amide bonds. The van der Waals surface area contributed by atoms with Crippen LogP contribution in [0.3, 0.4) is 0 Å². The molecule has 6 heteroatoms. The number of nitrogens with zero attached hydrogens (tertiary/aromatic N) is 1. The van der Waals surface area contributed by atoms with Crippen molar-refractivity contribution in [3.63, 3.8) is 0 Å². The van der Waals surface area contributed by atoms with Gasteiger partial charge in [0.2, 0.25) is 0 Å². The molecule has 0 aliphatic heterocycles. The molecule has 0 fully saturated rings. The van der Waals surface area contributed by atoms with Crippen LogP contribution in [-0.2, 0) is 0 Å². The highest BCUT2D eigenvalue weighted by molar-refractivity contribution is 6.43. The van der Waals surface area contributed by atoms with Crippen LogP contribution in [0.15, 0.2) is 41.5 Å². The highest BCUT2D eigenvalue weighted by Gasteiger charge is 2.03. The standard InChI is InChI=1S/C13H8Cl2F2N2/c14-10-3-1-2-8(13(10)15)7-18-19-12-5-4-9(16)6-11(12)17/h1-7,19H/b18-7+. The van der Waals surface area contributed by atoms with Crippen molar-refractivity contribution in [1.29, 1.82) is 0 Å². The van der Waals surface area contributed by atoms with Crippen LogP contribution in [0.5, 0.6) is 0 Å². The van der Waals surface area contributed by atoms with Crippen LogP contribution >= 0.6 is 23.2 Å². The second kappa shape index (κ2) is 5.99. The quantitative estimate of drug-likeness (QED) is 0.644. The Morgan fingerprint density at radius 1 is 1.11 bits per heavy atom. The summed E-state index contributed by atoms with van der Waals surface area (Å²) in [4.78, 5) is 0. The van der Waals surface area contributed by atoms with Crippen LogP contribution in [-0.4, -0.2) is 6.21 Å². The highest BCUT2D eigenvalue weighted by atomic mass is 35.5. The van der Waals surface area contributed by atoms with Gasteiger partial charge < -0.3 is 0 Å². The van der Waals surface area contributed by atoms with E-state index >= 15 is 0 Å². The summed E-state index contributed by atoms with van der Waals surface area (Å²) in [6.07, 6.45) is 1.40. The van der Waals surface area contributed by atoms with Crippen LogP contribution in [0.1, 0.15) is 5.56 Å². The number of benzene rings is 2. The lowest BCUT2D eigenvalue weighted by Gasteiger charge is -2.02. The summed E-state index contributed by atoms with van der Waals surface area (Å²) < 4.78 is 26.0. The Kier molecular flexibility index (Phi) is 4.35. The van der Waals surface area contributed by atoms with E-state index in [4.69, 9.17) is 23.2 Å². The van der Waals surface area contributed by atoms with Crippen LogP contribution in [0, 0.1) is 11.6 Å². The molecule has 0 atom stereocenters. The van der Waals surface area contributed by atoms with Gasteiger partial charge in [-0.3, -0.25) is 5.43 Å². The molecule has 0 saturated carbocycles. The van der Waals surface area contributed by atoms with Gasteiger partial charge in [0.1, 0.15) is 5.82 Å². The lowest BCUT2D eigenvalue weighted by Crippen LogP contribution is -1.95. The fourth-order valence-corrected chi connectivity index (χ4v) is 1.73. The number of hydrogen-bond donors (Lipinski definition) is 1. The van der Waals surface area contributed by atoms with Gasteiger partial charge in [0.05, 0.1) is 21.9 Å². The van der Waals surface area contributed by atoms with E-state index < -0.39 is 11.6 Å². The van der Waals surface area contributed by atoms with Crippen molar-refractivity contribution in [2.24, 2.45) is 5.10 Å². The molecule has 2 nitrogen and oxygen atoms in total. The zero-order valence-corrected chi connectivity index (χ0v) is 11.0. The normalized spacial score (nSPS) is 10.9. The van der Waals surface area contributed by atoms with Gasteiger partial charge in [0.25, 0.3) is 0 Å². The second-order valence-corrected chi connectivity index (χ2v) is 4.42. The molecular weight excluding hydrogens is 293 g/mol. The van der Waals surface area contributed by atoms with Gasteiger partial charge in [-0.1, -0.05) is 35.3 Å². The average Bonchev–Trinajstić information content (AvgIpc) is 2.37. The van der Waals surface area contributed by atoms with Crippen molar-refractivity contribution in [3.8, 4) is 0 Å². The van der Waals surface area contributed by atoms with Crippen molar-refractivity contribution in [2.75, 3.05) is 5.43 Å². The number of nitrogens with one attached hydrogen (secondary N) is 1. The first-order chi connectivity index (χ1) is 9.08. The molecular formula is C13H8Cl2F2N2. The predicted molar refractivity (Wildman–Crippen MR) is 74.0 cm³/mol. The first-order valence-corrected chi connectivity index (χ1v) is 6.01. The Bertz CT molecular complexity index is 630. The molecule has 19 heavy (non-hydrogen) atoms. The third kappa shape index (κ3) is 3.43. The van der Waals surface area contributed by atoms with E-state index in [0.29, 0.717) is 15.6 Å². The molecule has 0 aliphatic rings. The number of anilines is 1. The van der Waals surface area contributed by atoms with Gasteiger partial charge in [0, 0.05) is 11.6 Å². The van der Waals surface area contributed by atoms with E-state index in [0.717, 1.165) is 12.1 Å². The number of hydrazone groups is 1. The largest absolute Gasteiger partial charge is 0.276 e. The zero-order valence-electron chi connectivity index (χ0n) is 9.50. The molecule has 2 rings (SSSR count). The van der Waals surface area contributed by atoms with Crippen LogP contribution in [0.4, 0.5) is 14.5 Å². The topological polar surface area (TPSA) is 24.4 Å². The van der Waals surface area contributed by atoms with E-state index in [2.05, 4.69) is 10.5 Å². The van der Waals surface area contributed by atoms with Gasteiger partial charge in [-0.05, 0) is 18.2 Å². The van der Waals surface area contributed by atoms with Gasteiger partial charge in [-0.2, -0.15) is 5.10 Å². The minimum Gasteiger partial charge on any atom is -0.276 e. The van der Waals surface area contributed by atoms with E-state index in [-0.39, 0.29) is 5.69 Å². The molecule has 0 saturated heterocycles. The Balaban J connectivity index is 2.14. The SMILES string of the molecule is Fc1ccc(N/N=C/c2cccc(Cl)c2Cl)c(F)c1. The van der Waals surface area contributed by atoms with Crippen molar-refractivity contribution in [3.05, 3.63) is 63.6 Å². The summed E-state index contributed by atoms with van der Waals surface area (Å²) in [6, 6.07) is 8.22. The molecule has 1 N–H and O–H groups in total. The molecule has 0 aromatic heterocycles. The molecule has 0 unspecified atom stereocenters. The first-order valence-electron chi connectivity index (χ1n) is 5.26. The molecule has 98 valence electrons. The Morgan fingerprint density at radius 3 is 2.63 bits per heavy atom. The van der Waals surface area contributed by atoms with Crippen molar-refractivity contribution in [2.45, 2.75) is 0 Å². The van der Waals surface area contributed by atoms with E-state index in [9.17, 15) is 8.78 Å². The summed E-state index contributed by atoms with van der Waals surface area (Å²) in [7, 11) is 0. The molecule has 0 bridgehead atoms. The van der Waals surface area contributed by atoms with E-state index in [1.165, 1.54) is 12.3 Å². The minimum atomic E-state index is -0.727. The van der Waals surface area contributed by atoms with Gasteiger partial charge >= 0.3 is 0 Å². The molecule has 2 aromatic carbocycles. The number of halogens is 4. The Labute approximate surface area is 118 Å². The number of rotatable bonds is 3. The fourth-order valence-electron chi connectivity index (χ4n) is 1.37. The molecule has 0 heterocycles. The highest BCUT2D eigenvalue weighted by Crippen LogP contribution is 2.24. The summed E-state index contributed by atoms with van der Waals surface area (Å²) in [5.41, 5.74) is 3.11. The van der Waals surface area contributed by atoms with Gasteiger partial charge in [0.15, 0.2) is 5.82 Å². The lowest BCUT2D eigenvalue weighted by molar-refractivity contribution is 0.585. The average molecular weight is 301 g/mol. The summed E-state index contributed by atoms with van der Waals surface area (Å²) in [5.74, 6) is -1.38. The third-order valence-electron chi connectivity index (χ3n) is 2.30. The predicted octanol–water partition coefficient (Wildman–Crippen LogP) is 4.72. The maximum absolute atomic E-state index is 13.3. The molecule has 0 spiro atoms. The second-order valence-electron chi connectivity index (χ2n) is 3.64. The Morgan fingerprint density at radius 2 is 1.89 bits per heavy atom. The fraction of sp³-hybridized carbons (Fsp3) is 0. The van der Waals surface area contributed by atoms with E-state index in [1.807, 2.05) is 0 Å². The zero-order chi connectivity index (χ0) is 13.8. The van der Waals surface area contributed by atoms with E-state index in [1.54, 1.807) is 18.2 Å². The van der Waals surface area contributed by atoms with Crippen molar-refractivity contribution in [1.82, 2.24) is 0 Å². The third-order valence-corrected chi connectivity index (χ3v) is 3.13. The maximum Gasteiger partial charge on any atom is 0.151 e. The van der Waals surface area contributed by atoms with Crippen LogP contribution < -0.4 is 5.43 Å². The summed E-state index contributed by atoms with van der Waals surface area (Å²) in [6.45, 7) is 0. The molecule has 0 radical (unpaired) electrons. The first kappa shape index (κ1) is 13.8. The van der Waals surface area contributed by atoms with Crippen LogP contribution in [0.25, 0.3) is 0 Å². The number of hydrogen-bond acceptors (Lipinski definition) is 2. The lowest BCUT2D eigenvalue weighted by atomic mass is 10.2. The summed E-state index contributed by atoms with van der Waals surface area (Å²) in [5, 5.41) is 4.58. The van der Waals surface area contributed by atoms with Crippen LogP contribution in [0.2, 0.25) is 10.0 Å². The maximum atomic E-state index is 13.3. The summed E-state index contributed by atoms with van der Waals surface area (Å²) >= 11 is 11.8. The monoisotopic (exact) mass is 300 g/mol. The van der Waals surface area contributed by atoms with Crippen molar-refractivity contribution >= 4 is 35.1 Å². The molecule has 2 aromatic rings. The van der Waals surface area contributed by atoms with Gasteiger partial charge in [-0.25, -0.2) is 8.78 Å². The minimum absolute atomic E-state index is 0.0656. The Hall–Kier alpha value is -1.65.